The summed E-state index contributed by atoms with van der Waals surface area (Å²) in [6.45, 7) is 3.76. The number of carbonyl (C=O) groups is 1. The lowest BCUT2D eigenvalue weighted by atomic mass is 10.0. The molecule has 0 aliphatic rings. The maximum atomic E-state index is 10.9. The smallest absolute Gasteiger partial charge is 0.266 e. The fourth-order valence-electron chi connectivity index (χ4n) is 1.41. The highest BCUT2D eigenvalue weighted by Gasteiger charge is 2.13. The zero-order valence-corrected chi connectivity index (χ0v) is 9.93. The second-order valence-corrected chi connectivity index (χ2v) is 4.01. The fraction of sp³-hybridized carbons (Fsp3) is 0.182. The first-order valence-electron chi connectivity index (χ1n) is 4.66. The molecule has 4 nitrogen and oxygen atoms in total. The van der Waals surface area contributed by atoms with Crippen LogP contribution in [0.15, 0.2) is 17.8 Å². The number of benzene rings is 1. The Kier molecular flexibility index (Phi) is 3.44. The van der Waals surface area contributed by atoms with Crippen molar-refractivity contribution >= 4 is 28.2 Å². The molecular weight excluding hydrogens is 226 g/mol. The number of nitrogen functional groups attached to an aromatic ring is 1. The van der Waals surface area contributed by atoms with Crippen molar-refractivity contribution in [2.24, 2.45) is 11.5 Å². The number of hydrogen-bond acceptors (Lipinski definition) is 3. The van der Waals surface area contributed by atoms with E-state index in [1.54, 1.807) is 6.07 Å². The van der Waals surface area contributed by atoms with Crippen LogP contribution in [-0.2, 0) is 4.79 Å². The summed E-state index contributed by atoms with van der Waals surface area (Å²) < 4.78 is 0. The monoisotopic (exact) mass is 239 g/mol. The van der Waals surface area contributed by atoms with Crippen molar-refractivity contribution in [3.63, 3.8) is 0 Å². The first-order valence-corrected chi connectivity index (χ1v) is 5.04. The SMILES string of the molecule is Cc1cc(C)c(N)c(/C(Cl)=C(\N)C(N)=O)c1. The number of nitrogens with two attached hydrogens (primary N) is 3. The topological polar surface area (TPSA) is 95.1 Å². The molecular formula is C11H14ClN3O. The predicted molar refractivity (Wildman–Crippen MR) is 66.5 cm³/mol. The van der Waals surface area contributed by atoms with Crippen LogP contribution in [-0.4, -0.2) is 5.91 Å². The van der Waals surface area contributed by atoms with Crippen molar-refractivity contribution in [2.45, 2.75) is 13.8 Å². The summed E-state index contributed by atoms with van der Waals surface area (Å²) >= 11 is 5.97. The van der Waals surface area contributed by atoms with Gasteiger partial charge in [0, 0.05) is 11.3 Å². The molecule has 0 aromatic heterocycles. The van der Waals surface area contributed by atoms with Crippen LogP contribution in [0.1, 0.15) is 16.7 Å². The van der Waals surface area contributed by atoms with Gasteiger partial charge in [0.15, 0.2) is 0 Å². The van der Waals surface area contributed by atoms with Crippen molar-refractivity contribution in [1.29, 1.82) is 0 Å². The molecule has 5 heteroatoms. The molecule has 0 unspecified atom stereocenters. The van der Waals surface area contributed by atoms with Crippen LogP contribution in [0, 0.1) is 13.8 Å². The lowest BCUT2D eigenvalue weighted by molar-refractivity contribution is -0.114. The molecule has 1 amide bonds. The van der Waals surface area contributed by atoms with E-state index in [4.69, 9.17) is 28.8 Å². The molecule has 86 valence electrons. The van der Waals surface area contributed by atoms with Gasteiger partial charge in [-0.25, -0.2) is 0 Å². The Bertz CT molecular complexity index is 480. The van der Waals surface area contributed by atoms with Gasteiger partial charge in [0.1, 0.15) is 5.70 Å². The molecule has 0 bridgehead atoms. The van der Waals surface area contributed by atoms with Crippen LogP contribution in [0.4, 0.5) is 5.69 Å². The van der Waals surface area contributed by atoms with Crippen molar-refractivity contribution in [2.75, 3.05) is 5.73 Å². The molecule has 0 saturated heterocycles. The van der Waals surface area contributed by atoms with E-state index in [9.17, 15) is 4.79 Å². The molecule has 6 N–H and O–H groups in total. The third-order valence-electron chi connectivity index (χ3n) is 2.27. The van der Waals surface area contributed by atoms with Gasteiger partial charge in [-0.15, -0.1) is 0 Å². The first kappa shape index (κ1) is 12.4. The zero-order valence-electron chi connectivity index (χ0n) is 9.17. The minimum Gasteiger partial charge on any atom is -0.398 e. The summed E-state index contributed by atoms with van der Waals surface area (Å²) in [5.74, 6) is -0.761. The third-order valence-corrected chi connectivity index (χ3v) is 2.68. The standard InChI is InChI=1S/C11H14ClN3O/c1-5-3-6(2)9(13)7(4-5)8(12)10(14)11(15)16/h3-4H,13-14H2,1-2H3,(H2,15,16)/b10-8+. The summed E-state index contributed by atoms with van der Waals surface area (Å²) in [6, 6.07) is 3.68. The van der Waals surface area contributed by atoms with E-state index in [1.165, 1.54) is 0 Å². The molecule has 0 saturated carbocycles. The lowest BCUT2D eigenvalue weighted by Crippen LogP contribution is -2.21. The molecule has 0 heterocycles. The number of anilines is 1. The van der Waals surface area contributed by atoms with Crippen LogP contribution in [0.3, 0.4) is 0 Å². The number of carbonyl (C=O) groups excluding carboxylic acids is 1. The van der Waals surface area contributed by atoms with E-state index in [1.807, 2.05) is 19.9 Å². The number of aryl methyl sites for hydroxylation is 2. The molecule has 0 radical (unpaired) electrons. The van der Waals surface area contributed by atoms with Crippen molar-refractivity contribution in [3.05, 3.63) is 34.5 Å². The van der Waals surface area contributed by atoms with Crippen LogP contribution in [0.25, 0.3) is 5.03 Å². The van der Waals surface area contributed by atoms with Gasteiger partial charge in [-0.05, 0) is 25.5 Å². The van der Waals surface area contributed by atoms with E-state index >= 15 is 0 Å². The van der Waals surface area contributed by atoms with Crippen LogP contribution in [0.2, 0.25) is 0 Å². The maximum absolute atomic E-state index is 10.9. The van der Waals surface area contributed by atoms with Crippen molar-refractivity contribution in [3.8, 4) is 0 Å². The van der Waals surface area contributed by atoms with Gasteiger partial charge in [0.05, 0.1) is 5.03 Å². The third kappa shape index (κ3) is 2.28. The molecule has 1 aromatic rings. The second-order valence-electron chi connectivity index (χ2n) is 3.63. The number of hydrogen-bond donors (Lipinski definition) is 3. The summed E-state index contributed by atoms with van der Waals surface area (Å²) in [7, 11) is 0. The van der Waals surface area contributed by atoms with Gasteiger partial charge in [-0.3, -0.25) is 4.79 Å². The molecule has 0 atom stereocenters. The Hall–Kier alpha value is -1.68. The van der Waals surface area contributed by atoms with Gasteiger partial charge in [0.2, 0.25) is 0 Å². The molecule has 0 aliphatic heterocycles. The first-order chi connectivity index (χ1) is 7.34. The largest absolute Gasteiger partial charge is 0.398 e. The Labute approximate surface area is 99.1 Å². The van der Waals surface area contributed by atoms with Crippen molar-refractivity contribution < 1.29 is 4.79 Å². The molecule has 0 spiro atoms. The highest BCUT2D eigenvalue weighted by Crippen LogP contribution is 2.29. The van der Waals surface area contributed by atoms with E-state index in [2.05, 4.69) is 0 Å². The van der Waals surface area contributed by atoms with Gasteiger partial charge in [-0.1, -0.05) is 23.2 Å². The highest BCUT2D eigenvalue weighted by atomic mass is 35.5. The number of primary amides is 1. The van der Waals surface area contributed by atoms with Crippen LogP contribution < -0.4 is 17.2 Å². The molecule has 1 aromatic carbocycles. The van der Waals surface area contributed by atoms with Gasteiger partial charge >= 0.3 is 0 Å². The molecule has 0 fully saturated rings. The second kappa shape index (κ2) is 4.45. The Morgan fingerprint density at radius 1 is 1.25 bits per heavy atom. The van der Waals surface area contributed by atoms with Crippen LogP contribution >= 0.6 is 11.6 Å². The van der Waals surface area contributed by atoms with E-state index in [0.29, 0.717) is 11.3 Å². The maximum Gasteiger partial charge on any atom is 0.266 e. The summed E-state index contributed by atoms with van der Waals surface area (Å²) in [5.41, 5.74) is 19.1. The molecule has 1 rings (SSSR count). The summed E-state index contributed by atoms with van der Waals surface area (Å²) in [6.07, 6.45) is 0. The quantitative estimate of drug-likeness (QED) is 0.535. The molecule has 16 heavy (non-hydrogen) atoms. The average Bonchev–Trinajstić information content (AvgIpc) is 2.21. The van der Waals surface area contributed by atoms with E-state index < -0.39 is 5.91 Å². The number of amides is 1. The van der Waals surface area contributed by atoms with Gasteiger partial charge < -0.3 is 17.2 Å². The van der Waals surface area contributed by atoms with E-state index in [0.717, 1.165) is 11.1 Å². The van der Waals surface area contributed by atoms with Gasteiger partial charge in [0.25, 0.3) is 5.91 Å². The Balaban J connectivity index is 3.45. The minimum atomic E-state index is -0.761. The number of rotatable bonds is 2. The Morgan fingerprint density at radius 2 is 1.81 bits per heavy atom. The Morgan fingerprint density at radius 3 is 2.31 bits per heavy atom. The van der Waals surface area contributed by atoms with Crippen molar-refractivity contribution in [1.82, 2.24) is 0 Å². The predicted octanol–water partition coefficient (Wildman–Crippen LogP) is 1.24. The lowest BCUT2D eigenvalue weighted by Gasteiger charge is -2.10. The fourth-order valence-corrected chi connectivity index (χ4v) is 1.66. The minimum absolute atomic E-state index is 0.0943. The average molecular weight is 240 g/mol. The normalized spacial score (nSPS) is 12.2. The van der Waals surface area contributed by atoms with Gasteiger partial charge in [-0.2, -0.15) is 0 Å². The summed E-state index contributed by atoms with van der Waals surface area (Å²) in [4.78, 5) is 10.9. The number of halogens is 1. The summed E-state index contributed by atoms with van der Waals surface area (Å²) in [5, 5.41) is 0.0943. The van der Waals surface area contributed by atoms with Crippen LogP contribution in [0.5, 0.6) is 0 Å². The molecule has 0 aliphatic carbocycles. The van der Waals surface area contributed by atoms with E-state index in [-0.39, 0.29) is 10.7 Å². The highest BCUT2D eigenvalue weighted by molar-refractivity contribution is 6.51. The zero-order chi connectivity index (χ0) is 12.5.